The molecule has 0 fully saturated rings. The van der Waals surface area contributed by atoms with Crippen molar-refractivity contribution in [1.82, 2.24) is 0 Å². The minimum Gasteiger partial charge on any atom is -0.478 e. The molecule has 2 rings (SSSR count). The zero-order valence-corrected chi connectivity index (χ0v) is 10.6. The Labute approximate surface area is 110 Å². The van der Waals surface area contributed by atoms with Crippen molar-refractivity contribution in [2.75, 3.05) is 0 Å². The second-order valence-corrected chi connectivity index (χ2v) is 4.29. The van der Waals surface area contributed by atoms with Crippen LogP contribution in [0.1, 0.15) is 21.5 Å². The van der Waals surface area contributed by atoms with Crippen LogP contribution >= 0.6 is 0 Å². The fourth-order valence-corrected chi connectivity index (χ4v) is 1.71. The highest BCUT2D eigenvalue weighted by atomic mass is 19.1. The predicted molar refractivity (Wildman–Crippen MR) is 69.3 cm³/mol. The lowest BCUT2D eigenvalue weighted by atomic mass is 10.1. The maximum atomic E-state index is 13.4. The van der Waals surface area contributed by atoms with Crippen molar-refractivity contribution in [2.24, 2.45) is 0 Å². The van der Waals surface area contributed by atoms with Gasteiger partial charge in [0, 0.05) is 6.07 Å². The average Bonchev–Trinajstić information content (AvgIpc) is 2.33. The van der Waals surface area contributed by atoms with Gasteiger partial charge in [0.2, 0.25) is 0 Å². The van der Waals surface area contributed by atoms with E-state index < -0.39 is 5.97 Å². The number of rotatable bonds is 3. The molecule has 0 bridgehead atoms. The summed E-state index contributed by atoms with van der Waals surface area (Å²) >= 11 is 0. The molecule has 0 aromatic heterocycles. The minimum absolute atomic E-state index is 0.224. The van der Waals surface area contributed by atoms with Crippen molar-refractivity contribution in [3.63, 3.8) is 0 Å². The molecule has 1 N–H and O–H groups in total. The summed E-state index contributed by atoms with van der Waals surface area (Å²) in [6.45, 7) is 3.36. The molecule has 19 heavy (non-hydrogen) atoms. The fraction of sp³-hybridized carbons (Fsp3) is 0.133. The Morgan fingerprint density at radius 2 is 1.68 bits per heavy atom. The van der Waals surface area contributed by atoms with E-state index in [9.17, 15) is 9.18 Å². The highest BCUT2D eigenvalue weighted by Gasteiger charge is 2.08. The Kier molecular flexibility index (Phi) is 3.51. The molecule has 0 atom stereocenters. The van der Waals surface area contributed by atoms with E-state index >= 15 is 0 Å². The van der Waals surface area contributed by atoms with Crippen molar-refractivity contribution in [3.8, 4) is 11.5 Å². The van der Waals surface area contributed by atoms with Crippen LogP contribution in [0.15, 0.2) is 36.4 Å². The van der Waals surface area contributed by atoms with Crippen molar-refractivity contribution >= 4 is 5.97 Å². The molecule has 0 aliphatic rings. The Balaban J connectivity index is 2.26. The molecule has 2 aromatic carbocycles. The van der Waals surface area contributed by atoms with E-state index in [0.29, 0.717) is 22.6 Å². The van der Waals surface area contributed by atoms with E-state index in [4.69, 9.17) is 9.84 Å². The standard InChI is InChI=1S/C15H13FO3/c1-9-3-4-12(8-14(9)16)19-11-5-6-13(15(17)18)10(2)7-11/h3-8H,1-2H3,(H,17,18). The molecule has 98 valence electrons. The van der Waals surface area contributed by atoms with Gasteiger partial charge in [-0.1, -0.05) is 6.07 Å². The van der Waals surface area contributed by atoms with Gasteiger partial charge in [-0.25, -0.2) is 9.18 Å². The van der Waals surface area contributed by atoms with Crippen LogP contribution < -0.4 is 4.74 Å². The quantitative estimate of drug-likeness (QED) is 0.909. The molecule has 4 heteroatoms. The van der Waals surface area contributed by atoms with E-state index in [1.807, 2.05) is 0 Å². The number of benzene rings is 2. The van der Waals surface area contributed by atoms with Crippen LogP contribution in [0.5, 0.6) is 11.5 Å². The first-order chi connectivity index (χ1) is 8.97. The lowest BCUT2D eigenvalue weighted by Gasteiger charge is -2.08. The third kappa shape index (κ3) is 2.91. The monoisotopic (exact) mass is 260 g/mol. The van der Waals surface area contributed by atoms with Crippen LogP contribution in [0.4, 0.5) is 4.39 Å². The summed E-state index contributed by atoms with van der Waals surface area (Å²) in [6.07, 6.45) is 0. The molecule has 0 heterocycles. The molecule has 2 aromatic rings. The zero-order valence-electron chi connectivity index (χ0n) is 10.6. The Morgan fingerprint density at radius 1 is 1.05 bits per heavy atom. The number of aryl methyl sites for hydroxylation is 2. The lowest BCUT2D eigenvalue weighted by molar-refractivity contribution is 0.0696. The largest absolute Gasteiger partial charge is 0.478 e. The number of carboxylic acid groups (broad SMARTS) is 1. The van der Waals surface area contributed by atoms with Crippen molar-refractivity contribution < 1.29 is 19.0 Å². The second-order valence-electron chi connectivity index (χ2n) is 4.29. The van der Waals surface area contributed by atoms with E-state index in [1.54, 1.807) is 38.1 Å². The van der Waals surface area contributed by atoms with Crippen molar-refractivity contribution in [3.05, 3.63) is 58.9 Å². The third-order valence-corrected chi connectivity index (χ3v) is 2.81. The van der Waals surface area contributed by atoms with E-state index in [2.05, 4.69) is 0 Å². The molecule has 0 amide bonds. The minimum atomic E-state index is -0.981. The van der Waals surface area contributed by atoms with Crippen LogP contribution in [-0.2, 0) is 0 Å². The molecule has 0 saturated heterocycles. The predicted octanol–water partition coefficient (Wildman–Crippen LogP) is 3.93. The average molecular weight is 260 g/mol. The molecule has 0 spiro atoms. The van der Waals surface area contributed by atoms with Gasteiger partial charge < -0.3 is 9.84 Å². The summed E-state index contributed by atoms with van der Waals surface area (Å²) in [5, 5.41) is 8.92. The van der Waals surface area contributed by atoms with Crippen molar-refractivity contribution in [1.29, 1.82) is 0 Å². The number of hydrogen-bond donors (Lipinski definition) is 1. The third-order valence-electron chi connectivity index (χ3n) is 2.81. The van der Waals surface area contributed by atoms with Crippen LogP contribution in [0, 0.1) is 19.7 Å². The van der Waals surface area contributed by atoms with Crippen molar-refractivity contribution in [2.45, 2.75) is 13.8 Å². The van der Waals surface area contributed by atoms with Crippen LogP contribution in [0.3, 0.4) is 0 Å². The lowest BCUT2D eigenvalue weighted by Crippen LogP contribution is -1.99. The fourth-order valence-electron chi connectivity index (χ4n) is 1.71. The molecule has 3 nitrogen and oxygen atoms in total. The van der Waals surface area contributed by atoms with Gasteiger partial charge in [0.25, 0.3) is 0 Å². The summed E-state index contributed by atoms with van der Waals surface area (Å²) in [5.74, 6) is -0.460. The first kappa shape index (κ1) is 13.1. The van der Waals surface area contributed by atoms with Gasteiger partial charge in [-0.3, -0.25) is 0 Å². The second kappa shape index (κ2) is 5.10. The molecule has 0 saturated carbocycles. The maximum absolute atomic E-state index is 13.4. The smallest absolute Gasteiger partial charge is 0.335 e. The Bertz CT molecular complexity index is 635. The topological polar surface area (TPSA) is 46.5 Å². The van der Waals surface area contributed by atoms with Gasteiger partial charge in [-0.2, -0.15) is 0 Å². The number of aromatic carboxylic acids is 1. The molecular formula is C15H13FO3. The van der Waals surface area contributed by atoms with Crippen LogP contribution in [-0.4, -0.2) is 11.1 Å². The molecule has 0 aliphatic carbocycles. The highest BCUT2D eigenvalue weighted by Crippen LogP contribution is 2.25. The normalized spacial score (nSPS) is 10.3. The first-order valence-corrected chi connectivity index (χ1v) is 5.75. The van der Waals surface area contributed by atoms with Gasteiger partial charge in [-0.15, -0.1) is 0 Å². The van der Waals surface area contributed by atoms with Crippen LogP contribution in [0.2, 0.25) is 0 Å². The summed E-state index contributed by atoms with van der Waals surface area (Å²) in [7, 11) is 0. The number of halogens is 1. The zero-order chi connectivity index (χ0) is 14.0. The number of carboxylic acids is 1. The first-order valence-electron chi connectivity index (χ1n) is 5.75. The van der Waals surface area contributed by atoms with E-state index in [0.717, 1.165) is 0 Å². The molecule has 0 radical (unpaired) electrons. The van der Waals surface area contributed by atoms with E-state index in [1.165, 1.54) is 12.1 Å². The molecular weight excluding hydrogens is 247 g/mol. The Morgan fingerprint density at radius 3 is 2.26 bits per heavy atom. The van der Waals surface area contributed by atoms with Crippen LogP contribution in [0.25, 0.3) is 0 Å². The summed E-state index contributed by atoms with van der Waals surface area (Å²) < 4.78 is 18.9. The molecule has 0 aliphatic heterocycles. The van der Waals surface area contributed by atoms with Gasteiger partial charge >= 0.3 is 5.97 Å². The maximum Gasteiger partial charge on any atom is 0.335 e. The van der Waals surface area contributed by atoms with Gasteiger partial charge in [0.1, 0.15) is 17.3 Å². The number of carbonyl (C=O) groups is 1. The number of hydrogen-bond acceptors (Lipinski definition) is 2. The SMILES string of the molecule is Cc1ccc(Oc2ccc(C(=O)O)c(C)c2)cc1F. The van der Waals surface area contributed by atoms with Gasteiger partial charge in [0.05, 0.1) is 5.56 Å². The summed E-state index contributed by atoms with van der Waals surface area (Å²) in [6, 6.07) is 9.23. The van der Waals surface area contributed by atoms with Gasteiger partial charge in [-0.05, 0) is 49.2 Å². The Hall–Kier alpha value is -2.36. The summed E-state index contributed by atoms with van der Waals surface area (Å²) in [4.78, 5) is 10.9. The van der Waals surface area contributed by atoms with E-state index in [-0.39, 0.29) is 11.4 Å². The van der Waals surface area contributed by atoms with Gasteiger partial charge in [0.15, 0.2) is 0 Å². The molecule has 0 unspecified atom stereocenters. The number of ether oxygens (including phenoxy) is 1. The summed E-state index contributed by atoms with van der Waals surface area (Å²) in [5.41, 5.74) is 1.37. The highest BCUT2D eigenvalue weighted by molar-refractivity contribution is 5.89.